The minimum atomic E-state index is -1.18. The van der Waals surface area contributed by atoms with Crippen molar-refractivity contribution in [3.8, 4) is 34.5 Å². The third kappa shape index (κ3) is 18.8. The van der Waals surface area contributed by atoms with Crippen molar-refractivity contribution in [1.29, 1.82) is 0 Å². The average molecular weight is 1470 g/mol. The molecular weight excluding hydrogens is 1370 g/mol. The fraction of sp³-hybridized carbons (Fsp3) is 0.409. The van der Waals surface area contributed by atoms with Gasteiger partial charge in [0.2, 0.25) is 0 Å². The zero-order valence-electron chi connectivity index (χ0n) is 63.3. The summed E-state index contributed by atoms with van der Waals surface area (Å²) in [5.41, 5.74) is 4.05. The molecule has 20 heteroatoms. The fourth-order valence-electron chi connectivity index (χ4n) is 14.3. The van der Waals surface area contributed by atoms with E-state index in [1.165, 1.54) is 0 Å². The summed E-state index contributed by atoms with van der Waals surface area (Å²) in [5, 5.41) is 4.55. The molecular formula is C88H100N2O18. The molecule has 0 N–H and O–H groups in total. The van der Waals surface area contributed by atoms with E-state index in [9.17, 15) is 19.2 Å². The lowest BCUT2D eigenvalue weighted by Crippen LogP contribution is -2.42. The Hall–Kier alpha value is -9.96. The molecule has 0 aromatic heterocycles. The van der Waals surface area contributed by atoms with Crippen molar-refractivity contribution < 1.29 is 85.5 Å². The number of ketones is 1. The molecule has 12 rings (SSSR count). The van der Waals surface area contributed by atoms with Gasteiger partial charge in [-0.25, -0.2) is 0 Å². The Kier molecular flexibility index (Phi) is 25.8. The molecule has 4 aliphatic heterocycles. The van der Waals surface area contributed by atoms with Gasteiger partial charge in [0.1, 0.15) is 72.6 Å². The lowest BCUT2D eigenvalue weighted by molar-refractivity contribution is -0.159. The molecule has 0 radical (unpaired) electrons. The van der Waals surface area contributed by atoms with Crippen molar-refractivity contribution >= 4 is 68.8 Å². The molecule has 0 bridgehead atoms. The molecule has 20 nitrogen and oxygen atoms in total. The number of fused-ring (bicyclic) bond motifs is 6. The summed E-state index contributed by atoms with van der Waals surface area (Å²) in [4.78, 5) is 56.9. The topological polar surface area (TPSA) is 204 Å². The van der Waals surface area contributed by atoms with Gasteiger partial charge in [-0.3, -0.25) is 19.2 Å². The number of carbonyl (C=O) groups excluding carboxylic acids is 4. The second kappa shape index (κ2) is 35.8. The van der Waals surface area contributed by atoms with Gasteiger partial charge in [0.15, 0.2) is 17.0 Å². The first-order valence-corrected chi connectivity index (χ1v) is 37.6. The van der Waals surface area contributed by atoms with E-state index in [0.717, 1.165) is 115 Å². The van der Waals surface area contributed by atoms with Crippen LogP contribution in [-0.4, -0.2) is 160 Å². The fourth-order valence-corrected chi connectivity index (χ4v) is 14.3. The largest absolute Gasteiger partial charge is 0.497 e. The van der Waals surface area contributed by atoms with Crippen LogP contribution in [0.2, 0.25) is 0 Å². The zero-order chi connectivity index (χ0) is 75.7. The first kappa shape index (κ1) is 77.6. The molecule has 2 saturated heterocycles. The third-order valence-electron chi connectivity index (χ3n) is 20.3. The third-order valence-corrected chi connectivity index (χ3v) is 20.3. The maximum Gasteiger partial charge on any atom is 0.306 e. The molecule has 4 atom stereocenters. The normalized spacial score (nSPS) is 17.5. The SMILES string of the molecule is CCC(COCCOC(C)(C)CC(CC)OC(C)(C)C(=O)CCC(=O)OCCOc1ccc(C2(c3ccc(OC)cc3)C=Cc3c(cc(N4CCOCC4)c4ccccc34)O2)cc1)OC(=O)CCC(=O)OCCOc1ccc(C2(c3ccc(OC)cc3)C=Cc3c(cc(N4CCOCC4)c4ccccc34)O2)cc1. The average Bonchev–Trinajstić information content (AvgIpc) is 0.738. The van der Waals surface area contributed by atoms with Crippen molar-refractivity contribution in [2.75, 3.05) is 123 Å². The number of Topliss-reactive ketones (excluding diaryl/α,β-unsaturated/α-hetero) is 1. The van der Waals surface area contributed by atoms with Crippen LogP contribution in [-0.2, 0) is 68.3 Å². The van der Waals surface area contributed by atoms with Crippen LogP contribution in [0.1, 0.15) is 120 Å². The number of hydrogen-bond acceptors (Lipinski definition) is 20. The van der Waals surface area contributed by atoms with Gasteiger partial charge in [-0.1, -0.05) is 111 Å². The summed E-state index contributed by atoms with van der Waals surface area (Å²) >= 11 is 0. The summed E-state index contributed by atoms with van der Waals surface area (Å²) in [5.74, 6) is 2.36. The van der Waals surface area contributed by atoms with E-state index in [1.807, 2.05) is 125 Å². The minimum absolute atomic E-state index is 0.00630. The second-order valence-corrected chi connectivity index (χ2v) is 28.4. The number of nitrogens with zero attached hydrogens (tertiary/aromatic N) is 2. The lowest BCUT2D eigenvalue weighted by atomic mass is 9.83. The van der Waals surface area contributed by atoms with E-state index in [-0.39, 0.29) is 83.8 Å². The van der Waals surface area contributed by atoms with Crippen LogP contribution in [0.25, 0.3) is 33.7 Å². The van der Waals surface area contributed by atoms with E-state index in [2.05, 4.69) is 94.8 Å². The van der Waals surface area contributed by atoms with Crippen LogP contribution in [0, 0.1) is 0 Å². The molecule has 4 heterocycles. The number of morpholine rings is 2. The molecule has 2 fully saturated rings. The highest BCUT2D eigenvalue weighted by Gasteiger charge is 2.41. The molecule has 4 unspecified atom stereocenters. The van der Waals surface area contributed by atoms with Gasteiger partial charge in [0.25, 0.3) is 0 Å². The van der Waals surface area contributed by atoms with Crippen LogP contribution >= 0.6 is 0 Å². The Morgan fingerprint density at radius 1 is 0.472 bits per heavy atom. The van der Waals surface area contributed by atoms with E-state index < -0.39 is 46.4 Å². The first-order chi connectivity index (χ1) is 52.4. The van der Waals surface area contributed by atoms with E-state index >= 15 is 0 Å². The van der Waals surface area contributed by atoms with Crippen molar-refractivity contribution in [1.82, 2.24) is 0 Å². The molecule has 0 aliphatic carbocycles. The Labute approximate surface area is 632 Å². The van der Waals surface area contributed by atoms with Gasteiger partial charge in [-0.2, -0.15) is 0 Å². The number of methoxy groups -OCH3 is 2. The number of benzene rings is 8. The number of rotatable bonds is 36. The second-order valence-electron chi connectivity index (χ2n) is 28.4. The van der Waals surface area contributed by atoms with Gasteiger partial charge in [0.05, 0.1) is 91.4 Å². The van der Waals surface area contributed by atoms with Crippen molar-refractivity contribution in [2.45, 2.75) is 121 Å². The molecule has 0 amide bonds. The summed E-state index contributed by atoms with van der Waals surface area (Å²) in [6, 6.07) is 52.4. The van der Waals surface area contributed by atoms with Gasteiger partial charge in [-0.15, -0.1) is 0 Å². The highest BCUT2D eigenvalue weighted by atomic mass is 16.6. The van der Waals surface area contributed by atoms with Crippen LogP contribution in [0.5, 0.6) is 34.5 Å². The minimum Gasteiger partial charge on any atom is -0.497 e. The summed E-state index contributed by atoms with van der Waals surface area (Å²) in [6.07, 6.45) is 8.78. The molecule has 8 aromatic rings. The number of esters is 3. The van der Waals surface area contributed by atoms with Gasteiger partial charge >= 0.3 is 17.9 Å². The Morgan fingerprint density at radius 3 is 1.31 bits per heavy atom. The quantitative estimate of drug-likeness (QED) is 0.0203. The lowest BCUT2D eigenvalue weighted by Gasteiger charge is -2.38. The molecule has 4 aliphatic rings. The van der Waals surface area contributed by atoms with E-state index in [4.69, 9.17) is 66.3 Å². The number of anilines is 2. The van der Waals surface area contributed by atoms with E-state index in [0.29, 0.717) is 57.2 Å². The van der Waals surface area contributed by atoms with Gasteiger partial charge in [-0.05, 0) is 124 Å². The smallest absolute Gasteiger partial charge is 0.306 e. The van der Waals surface area contributed by atoms with Crippen LogP contribution < -0.4 is 38.2 Å². The van der Waals surface area contributed by atoms with Gasteiger partial charge in [0, 0.05) is 107 Å². The highest BCUT2D eigenvalue weighted by molar-refractivity contribution is 6.03. The number of carbonyl (C=O) groups is 4. The maximum absolute atomic E-state index is 13.6. The summed E-state index contributed by atoms with van der Waals surface area (Å²) in [7, 11) is 3.29. The molecule has 108 heavy (non-hydrogen) atoms. The Balaban J connectivity index is 0.529. The molecule has 570 valence electrons. The number of hydrogen-bond donors (Lipinski definition) is 0. The van der Waals surface area contributed by atoms with Crippen LogP contribution in [0.4, 0.5) is 11.4 Å². The van der Waals surface area contributed by atoms with Crippen molar-refractivity contribution in [3.63, 3.8) is 0 Å². The maximum atomic E-state index is 13.6. The summed E-state index contributed by atoms with van der Waals surface area (Å²) < 4.78 is 84.1. The zero-order valence-corrected chi connectivity index (χ0v) is 63.3. The Bertz CT molecular complexity index is 4430. The summed E-state index contributed by atoms with van der Waals surface area (Å²) in [6.45, 7) is 17.8. The van der Waals surface area contributed by atoms with Crippen LogP contribution in [0.15, 0.2) is 170 Å². The predicted octanol–water partition coefficient (Wildman–Crippen LogP) is 15.2. The van der Waals surface area contributed by atoms with Crippen molar-refractivity contribution in [2.24, 2.45) is 0 Å². The predicted molar refractivity (Wildman–Crippen MR) is 415 cm³/mol. The van der Waals surface area contributed by atoms with Crippen molar-refractivity contribution in [3.05, 3.63) is 203 Å². The Morgan fingerprint density at radius 2 is 0.880 bits per heavy atom. The molecule has 0 saturated carbocycles. The molecule has 0 spiro atoms. The standard InChI is InChI=1S/C88H100N2O18/c1-9-65(106-86(5,6)81(91)35-36-82(92)102-54-52-100-69-31-23-63(24-32-69)87(61-19-27-67(95-7)28-20-61)41-39-75-71-15-11-13-17-73(71)77(57-79(75)107-87)89-43-47-97-48-44-89)59-85(3,4)104-56-51-99-60-66(10-2)105-84(94)38-37-83(93)103-55-53-101-70-33-25-64(26-34-70)88(62-21-29-68(96-8)30-22-62)42-40-76-72-16-12-14-18-74(72)78(58-80(76)108-88)90-45-49-98-50-46-90/h11-34,39-42,57-58,65-66H,9-10,35-38,43-56,59-60H2,1-8H3. The molecule has 8 aromatic carbocycles. The monoisotopic (exact) mass is 1470 g/mol. The van der Waals surface area contributed by atoms with Crippen LogP contribution in [0.3, 0.4) is 0 Å². The first-order valence-electron chi connectivity index (χ1n) is 37.6. The van der Waals surface area contributed by atoms with E-state index in [1.54, 1.807) is 28.1 Å². The highest BCUT2D eigenvalue weighted by Crippen LogP contribution is 2.50. The number of ether oxygens (including phenoxy) is 14. The van der Waals surface area contributed by atoms with Gasteiger partial charge < -0.3 is 76.1 Å².